The van der Waals surface area contributed by atoms with Crippen LogP contribution in [0.25, 0.3) is 20.5 Å². The summed E-state index contributed by atoms with van der Waals surface area (Å²) in [4.78, 5) is 5.65. The molecule has 0 N–H and O–H groups in total. The second kappa shape index (κ2) is 3.79. The average molecular weight is 249 g/mol. The minimum absolute atomic E-state index is 0.827. The second-order valence-electron chi connectivity index (χ2n) is 4.53. The van der Waals surface area contributed by atoms with E-state index in [0.29, 0.717) is 0 Å². The number of fused-ring (bicyclic) bond motifs is 2. The van der Waals surface area contributed by atoms with Crippen molar-refractivity contribution in [2.24, 2.45) is 4.99 Å². The minimum atomic E-state index is 0.827. The van der Waals surface area contributed by atoms with E-state index in [0.717, 1.165) is 6.54 Å². The largest absolute Gasteiger partial charge is 0.288 e. The summed E-state index contributed by atoms with van der Waals surface area (Å²) in [5.41, 5.74) is 3.91. The van der Waals surface area contributed by atoms with Gasteiger partial charge < -0.3 is 0 Å². The molecule has 0 saturated carbocycles. The number of aliphatic imine (C=N–C) groups is 1. The van der Waals surface area contributed by atoms with E-state index in [1.54, 1.807) is 0 Å². The Morgan fingerprint density at radius 2 is 1.94 bits per heavy atom. The van der Waals surface area contributed by atoms with Crippen molar-refractivity contribution in [1.82, 2.24) is 0 Å². The van der Waals surface area contributed by atoms with Gasteiger partial charge in [0.05, 0.1) is 6.54 Å². The molecule has 0 unspecified atom stereocenters. The Morgan fingerprint density at radius 1 is 1.00 bits per heavy atom. The normalized spacial score (nSPS) is 13.1. The van der Waals surface area contributed by atoms with Crippen LogP contribution in [0.15, 0.2) is 53.5 Å². The van der Waals surface area contributed by atoms with E-state index in [2.05, 4.69) is 53.5 Å². The van der Waals surface area contributed by atoms with Crippen molar-refractivity contribution < 1.29 is 0 Å². The van der Waals surface area contributed by atoms with Gasteiger partial charge in [-0.3, -0.25) is 4.99 Å². The topological polar surface area (TPSA) is 12.4 Å². The van der Waals surface area contributed by atoms with Crippen molar-refractivity contribution in [3.8, 4) is 10.4 Å². The van der Waals surface area contributed by atoms with Gasteiger partial charge in [-0.15, -0.1) is 11.3 Å². The molecule has 1 nitrogen and oxygen atoms in total. The molecule has 0 spiro atoms. The molecule has 3 aromatic rings. The monoisotopic (exact) mass is 249 g/mol. The summed E-state index contributed by atoms with van der Waals surface area (Å²) >= 11 is 1.86. The minimum Gasteiger partial charge on any atom is -0.288 e. The van der Waals surface area contributed by atoms with Crippen molar-refractivity contribution in [2.75, 3.05) is 0 Å². The maximum absolute atomic E-state index is 4.31. The Kier molecular flexibility index (Phi) is 2.11. The first-order chi connectivity index (χ1) is 8.90. The number of rotatable bonds is 1. The molecule has 1 aliphatic heterocycles. The van der Waals surface area contributed by atoms with Gasteiger partial charge in [-0.2, -0.15) is 0 Å². The number of hydrogen-bond acceptors (Lipinski definition) is 2. The van der Waals surface area contributed by atoms with Gasteiger partial charge in [0.1, 0.15) is 0 Å². The van der Waals surface area contributed by atoms with Gasteiger partial charge in [-0.25, -0.2) is 0 Å². The van der Waals surface area contributed by atoms with Gasteiger partial charge in [-0.05, 0) is 40.3 Å². The molecule has 86 valence electrons. The maximum Gasteiger partial charge on any atom is 0.0646 e. The van der Waals surface area contributed by atoms with Crippen LogP contribution in [-0.2, 0) is 6.54 Å². The van der Waals surface area contributed by atoms with E-state index in [1.807, 2.05) is 17.6 Å². The molecule has 2 heteroatoms. The van der Waals surface area contributed by atoms with Crippen LogP contribution in [0.5, 0.6) is 0 Å². The molecule has 2 heterocycles. The van der Waals surface area contributed by atoms with Crippen molar-refractivity contribution >= 4 is 27.6 Å². The first kappa shape index (κ1) is 10.0. The summed E-state index contributed by atoms with van der Waals surface area (Å²) in [5.74, 6) is 0. The summed E-state index contributed by atoms with van der Waals surface area (Å²) in [6.07, 6.45) is 1.96. The van der Waals surface area contributed by atoms with Crippen molar-refractivity contribution in [2.45, 2.75) is 6.54 Å². The zero-order valence-electron chi connectivity index (χ0n) is 9.76. The Bertz CT molecular complexity index is 735. The predicted molar refractivity (Wildman–Crippen MR) is 78.6 cm³/mol. The first-order valence-corrected chi connectivity index (χ1v) is 6.83. The highest BCUT2D eigenvalue weighted by atomic mass is 32.1. The van der Waals surface area contributed by atoms with Crippen LogP contribution in [0.1, 0.15) is 11.1 Å². The molecule has 0 amide bonds. The number of hydrogen-bond donors (Lipinski definition) is 0. The highest BCUT2D eigenvalue weighted by Gasteiger charge is 2.09. The lowest BCUT2D eigenvalue weighted by molar-refractivity contribution is 1.11. The van der Waals surface area contributed by atoms with Crippen LogP contribution in [0.4, 0.5) is 0 Å². The van der Waals surface area contributed by atoms with Gasteiger partial charge in [0.25, 0.3) is 0 Å². The van der Waals surface area contributed by atoms with Crippen molar-refractivity contribution in [1.29, 1.82) is 0 Å². The Labute approximate surface area is 109 Å². The fourth-order valence-electron chi connectivity index (χ4n) is 2.39. The van der Waals surface area contributed by atoms with E-state index < -0.39 is 0 Å². The summed E-state index contributed by atoms with van der Waals surface area (Å²) in [5, 5.41) is 1.33. The SMILES string of the molecule is C1=NCc2cc(-c3cc4ccccc4s3)ccc21. The predicted octanol–water partition coefficient (Wildman–Crippen LogP) is 4.50. The fraction of sp³-hybridized carbons (Fsp3) is 0.0625. The number of nitrogens with zero attached hydrogens (tertiary/aromatic N) is 1. The zero-order valence-corrected chi connectivity index (χ0v) is 10.6. The quantitative estimate of drug-likeness (QED) is 0.602. The molecular weight excluding hydrogens is 238 g/mol. The molecule has 0 bridgehead atoms. The molecule has 18 heavy (non-hydrogen) atoms. The fourth-order valence-corrected chi connectivity index (χ4v) is 3.45. The molecular formula is C16H11NS. The summed E-state index contributed by atoms with van der Waals surface area (Å²) in [6, 6.07) is 17.5. The number of benzene rings is 2. The lowest BCUT2D eigenvalue weighted by Crippen LogP contribution is -1.84. The van der Waals surface area contributed by atoms with Gasteiger partial charge in [0.2, 0.25) is 0 Å². The molecule has 0 atom stereocenters. The Balaban J connectivity index is 1.87. The van der Waals surface area contributed by atoms with Crippen molar-refractivity contribution in [3.05, 3.63) is 59.7 Å². The molecule has 2 aromatic carbocycles. The molecule has 1 aromatic heterocycles. The first-order valence-electron chi connectivity index (χ1n) is 6.02. The Morgan fingerprint density at radius 3 is 2.89 bits per heavy atom. The highest BCUT2D eigenvalue weighted by Crippen LogP contribution is 2.34. The molecule has 4 rings (SSSR count). The molecule has 0 radical (unpaired) electrons. The molecule has 1 aliphatic rings. The lowest BCUT2D eigenvalue weighted by atomic mass is 10.1. The molecule has 0 fully saturated rings. The van der Waals surface area contributed by atoms with Crippen molar-refractivity contribution in [3.63, 3.8) is 0 Å². The zero-order chi connectivity index (χ0) is 11.9. The highest BCUT2D eigenvalue weighted by molar-refractivity contribution is 7.22. The average Bonchev–Trinajstić information content (AvgIpc) is 3.04. The van der Waals surface area contributed by atoms with E-state index >= 15 is 0 Å². The van der Waals surface area contributed by atoms with Crippen LogP contribution < -0.4 is 0 Å². The third-order valence-corrected chi connectivity index (χ3v) is 4.51. The van der Waals surface area contributed by atoms with Crippen LogP contribution in [0.2, 0.25) is 0 Å². The lowest BCUT2D eigenvalue weighted by Gasteiger charge is -2.01. The van der Waals surface area contributed by atoms with Gasteiger partial charge >= 0.3 is 0 Å². The van der Waals surface area contributed by atoms with Gasteiger partial charge in [0.15, 0.2) is 0 Å². The smallest absolute Gasteiger partial charge is 0.0646 e. The van der Waals surface area contributed by atoms with Crippen LogP contribution >= 0.6 is 11.3 Å². The third-order valence-electron chi connectivity index (χ3n) is 3.35. The van der Waals surface area contributed by atoms with E-state index in [4.69, 9.17) is 0 Å². The molecule has 0 aliphatic carbocycles. The third kappa shape index (κ3) is 1.50. The summed E-state index contributed by atoms with van der Waals surface area (Å²) < 4.78 is 1.35. The van der Waals surface area contributed by atoms with E-state index in [-0.39, 0.29) is 0 Å². The summed E-state index contributed by atoms with van der Waals surface area (Å²) in [6.45, 7) is 0.827. The van der Waals surface area contributed by atoms with Gasteiger partial charge in [-0.1, -0.05) is 30.3 Å². The molecule has 0 saturated heterocycles. The number of thiophene rings is 1. The standard InChI is InChI=1S/C16H11NS/c1-2-4-15-11(3-1)8-16(18-15)12-5-6-13-9-17-10-14(13)7-12/h1-9H,10H2. The Hall–Kier alpha value is -1.93. The van der Waals surface area contributed by atoms with Crippen LogP contribution in [0, 0.1) is 0 Å². The van der Waals surface area contributed by atoms with Crippen LogP contribution in [-0.4, -0.2) is 6.21 Å². The second-order valence-corrected chi connectivity index (χ2v) is 5.62. The van der Waals surface area contributed by atoms with E-state index in [1.165, 1.54) is 31.7 Å². The summed E-state index contributed by atoms with van der Waals surface area (Å²) in [7, 11) is 0. The van der Waals surface area contributed by atoms with E-state index in [9.17, 15) is 0 Å². The maximum atomic E-state index is 4.31. The van der Waals surface area contributed by atoms with Gasteiger partial charge in [0, 0.05) is 15.8 Å². The van der Waals surface area contributed by atoms with Crippen LogP contribution in [0.3, 0.4) is 0 Å².